The summed E-state index contributed by atoms with van der Waals surface area (Å²) in [5, 5.41) is 2.94. The highest BCUT2D eigenvalue weighted by Crippen LogP contribution is 2.20. The van der Waals surface area contributed by atoms with Gasteiger partial charge in [0.15, 0.2) is 0 Å². The minimum absolute atomic E-state index is 0.00471. The monoisotopic (exact) mass is 397 g/mol. The maximum Gasteiger partial charge on any atom is 0.257 e. The second-order valence-electron chi connectivity index (χ2n) is 6.82. The molecule has 0 bridgehead atoms. The molecule has 1 fully saturated rings. The van der Waals surface area contributed by atoms with Gasteiger partial charge in [0.25, 0.3) is 11.8 Å². The predicted molar refractivity (Wildman–Crippen MR) is 111 cm³/mol. The van der Waals surface area contributed by atoms with Gasteiger partial charge in [-0.2, -0.15) is 0 Å². The van der Waals surface area contributed by atoms with Gasteiger partial charge in [0.2, 0.25) is 0 Å². The molecule has 1 saturated heterocycles. The second-order valence-corrected chi connectivity index (χ2v) is 6.82. The van der Waals surface area contributed by atoms with E-state index in [1.807, 2.05) is 17.0 Å². The van der Waals surface area contributed by atoms with Crippen molar-refractivity contribution in [2.75, 3.05) is 53.5 Å². The third kappa shape index (κ3) is 5.26. The van der Waals surface area contributed by atoms with Gasteiger partial charge in [0.1, 0.15) is 11.5 Å². The lowest BCUT2D eigenvalue weighted by atomic mass is 10.1. The Morgan fingerprint density at radius 1 is 0.931 bits per heavy atom. The van der Waals surface area contributed by atoms with Crippen LogP contribution >= 0.6 is 0 Å². The lowest BCUT2D eigenvalue weighted by Crippen LogP contribution is -2.50. The highest BCUT2D eigenvalue weighted by molar-refractivity contribution is 5.97. The molecule has 3 rings (SSSR count). The topological polar surface area (TPSA) is 71.1 Å². The maximum absolute atomic E-state index is 12.8. The Kier molecular flexibility index (Phi) is 7.08. The lowest BCUT2D eigenvalue weighted by molar-refractivity contribution is 0.0635. The number of amides is 2. The first-order chi connectivity index (χ1) is 14.1. The summed E-state index contributed by atoms with van der Waals surface area (Å²) in [5.74, 6) is 1.22. The summed E-state index contributed by atoms with van der Waals surface area (Å²) in [6.07, 6.45) is 0. The van der Waals surface area contributed by atoms with Gasteiger partial charge >= 0.3 is 0 Å². The van der Waals surface area contributed by atoms with Crippen molar-refractivity contribution in [3.05, 3.63) is 59.7 Å². The van der Waals surface area contributed by atoms with Gasteiger partial charge in [-0.25, -0.2) is 0 Å². The number of carbonyl (C=O) groups excluding carboxylic acids is 2. The van der Waals surface area contributed by atoms with Crippen LogP contribution in [0.15, 0.2) is 48.5 Å². The molecule has 0 atom stereocenters. The molecule has 7 heteroatoms. The molecular weight excluding hydrogens is 370 g/mol. The fourth-order valence-electron chi connectivity index (χ4n) is 3.34. The van der Waals surface area contributed by atoms with E-state index in [-0.39, 0.29) is 11.8 Å². The minimum Gasteiger partial charge on any atom is -0.497 e. The summed E-state index contributed by atoms with van der Waals surface area (Å²) in [6, 6.07) is 14.3. The SMILES string of the molecule is COc1ccc(C(=O)NCCN2CCN(C(=O)c3ccccc3OC)CC2)cc1. The molecule has 1 heterocycles. The van der Waals surface area contributed by atoms with E-state index >= 15 is 0 Å². The molecule has 2 amide bonds. The number of methoxy groups -OCH3 is 2. The molecule has 7 nitrogen and oxygen atoms in total. The van der Waals surface area contributed by atoms with Crippen molar-refractivity contribution in [1.29, 1.82) is 0 Å². The van der Waals surface area contributed by atoms with E-state index < -0.39 is 0 Å². The number of para-hydroxylation sites is 1. The molecule has 0 aliphatic carbocycles. The van der Waals surface area contributed by atoms with Gasteiger partial charge in [0, 0.05) is 44.8 Å². The summed E-state index contributed by atoms with van der Waals surface area (Å²) in [4.78, 5) is 29.1. The van der Waals surface area contributed by atoms with Crippen LogP contribution in [0, 0.1) is 0 Å². The average Bonchev–Trinajstić information content (AvgIpc) is 2.79. The van der Waals surface area contributed by atoms with Crippen LogP contribution in [0.25, 0.3) is 0 Å². The highest BCUT2D eigenvalue weighted by atomic mass is 16.5. The molecule has 1 aliphatic rings. The van der Waals surface area contributed by atoms with Crippen LogP contribution in [0.1, 0.15) is 20.7 Å². The Labute approximate surface area is 171 Å². The van der Waals surface area contributed by atoms with Gasteiger partial charge in [-0.3, -0.25) is 14.5 Å². The number of hydrogen-bond donors (Lipinski definition) is 1. The smallest absolute Gasteiger partial charge is 0.257 e. The van der Waals surface area contributed by atoms with Crippen molar-refractivity contribution < 1.29 is 19.1 Å². The Morgan fingerprint density at radius 2 is 1.62 bits per heavy atom. The van der Waals surface area contributed by atoms with E-state index in [1.165, 1.54) is 0 Å². The number of rotatable bonds is 7. The molecule has 29 heavy (non-hydrogen) atoms. The van der Waals surface area contributed by atoms with Crippen molar-refractivity contribution >= 4 is 11.8 Å². The summed E-state index contributed by atoms with van der Waals surface area (Å²) < 4.78 is 10.4. The number of carbonyl (C=O) groups is 2. The van der Waals surface area contributed by atoms with E-state index in [0.29, 0.717) is 36.5 Å². The van der Waals surface area contributed by atoms with E-state index in [9.17, 15) is 9.59 Å². The van der Waals surface area contributed by atoms with Gasteiger partial charge in [-0.05, 0) is 36.4 Å². The quantitative estimate of drug-likeness (QED) is 0.773. The standard InChI is InChI=1S/C22H27N3O4/c1-28-18-9-7-17(8-10-18)21(26)23-11-12-24-13-15-25(16-14-24)22(27)19-5-3-4-6-20(19)29-2/h3-10H,11-16H2,1-2H3,(H,23,26). The van der Waals surface area contributed by atoms with Crippen molar-refractivity contribution in [1.82, 2.24) is 15.1 Å². The number of piperazine rings is 1. The fourth-order valence-corrected chi connectivity index (χ4v) is 3.34. The fraction of sp³-hybridized carbons (Fsp3) is 0.364. The molecule has 0 radical (unpaired) electrons. The van der Waals surface area contributed by atoms with Crippen molar-refractivity contribution in [3.63, 3.8) is 0 Å². The lowest BCUT2D eigenvalue weighted by Gasteiger charge is -2.35. The summed E-state index contributed by atoms with van der Waals surface area (Å²) in [5.41, 5.74) is 1.20. The zero-order valence-corrected chi connectivity index (χ0v) is 16.9. The number of nitrogens with one attached hydrogen (secondary N) is 1. The van der Waals surface area contributed by atoms with Crippen LogP contribution in [-0.2, 0) is 0 Å². The Hall–Kier alpha value is -3.06. The molecule has 2 aromatic carbocycles. The number of hydrogen-bond acceptors (Lipinski definition) is 5. The third-order valence-electron chi connectivity index (χ3n) is 5.06. The number of nitrogens with zero attached hydrogens (tertiary/aromatic N) is 2. The summed E-state index contributed by atoms with van der Waals surface area (Å²) in [6.45, 7) is 4.18. The molecule has 1 aliphatic heterocycles. The Bertz CT molecular complexity index is 830. The van der Waals surface area contributed by atoms with E-state index in [1.54, 1.807) is 50.6 Å². The minimum atomic E-state index is -0.0994. The normalized spacial score (nSPS) is 14.3. The average molecular weight is 397 g/mol. The molecule has 0 aromatic heterocycles. The van der Waals surface area contributed by atoms with Crippen LogP contribution in [0.5, 0.6) is 11.5 Å². The van der Waals surface area contributed by atoms with Gasteiger partial charge in [0.05, 0.1) is 19.8 Å². The highest BCUT2D eigenvalue weighted by Gasteiger charge is 2.23. The molecule has 0 unspecified atom stereocenters. The first kappa shape index (κ1) is 20.7. The zero-order chi connectivity index (χ0) is 20.6. The maximum atomic E-state index is 12.8. The first-order valence-electron chi connectivity index (χ1n) is 9.69. The van der Waals surface area contributed by atoms with Crippen LogP contribution < -0.4 is 14.8 Å². The molecule has 0 spiro atoms. The number of ether oxygens (including phenoxy) is 2. The van der Waals surface area contributed by atoms with Crippen LogP contribution in [0.3, 0.4) is 0 Å². The van der Waals surface area contributed by atoms with Gasteiger partial charge in [-0.15, -0.1) is 0 Å². The van der Waals surface area contributed by atoms with Crippen LogP contribution in [0.4, 0.5) is 0 Å². The summed E-state index contributed by atoms with van der Waals surface area (Å²) in [7, 11) is 3.17. The molecule has 0 saturated carbocycles. The van der Waals surface area contributed by atoms with E-state index in [2.05, 4.69) is 10.2 Å². The van der Waals surface area contributed by atoms with Gasteiger partial charge in [-0.1, -0.05) is 12.1 Å². The van der Waals surface area contributed by atoms with E-state index in [0.717, 1.165) is 25.4 Å². The van der Waals surface area contributed by atoms with Crippen molar-refractivity contribution in [2.45, 2.75) is 0 Å². The van der Waals surface area contributed by atoms with Gasteiger partial charge < -0.3 is 19.7 Å². The van der Waals surface area contributed by atoms with Crippen molar-refractivity contribution in [2.24, 2.45) is 0 Å². The molecular formula is C22H27N3O4. The zero-order valence-electron chi connectivity index (χ0n) is 16.9. The third-order valence-corrected chi connectivity index (χ3v) is 5.06. The van der Waals surface area contributed by atoms with Crippen LogP contribution in [0.2, 0.25) is 0 Å². The predicted octanol–water partition coefficient (Wildman–Crippen LogP) is 1.89. The molecule has 2 aromatic rings. The number of benzene rings is 2. The van der Waals surface area contributed by atoms with E-state index in [4.69, 9.17) is 9.47 Å². The Morgan fingerprint density at radius 3 is 2.28 bits per heavy atom. The first-order valence-corrected chi connectivity index (χ1v) is 9.69. The summed E-state index contributed by atoms with van der Waals surface area (Å²) >= 11 is 0. The molecule has 1 N–H and O–H groups in total. The Balaban J connectivity index is 1.42. The largest absolute Gasteiger partial charge is 0.497 e. The molecule has 154 valence electrons. The second kappa shape index (κ2) is 9.93. The van der Waals surface area contributed by atoms with Crippen molar-refractivity contribution in [3.8, 4) is 11.5 Å². The van der Waals surface area contributed by atoms with Crippen LogP contribution in [-0.4, -0.2) is 75.1 Å².